The zero-order valence-corrected chi connectivity index (χ0v) is 11.6. The number of fused-ring (bicyclic) bond motifs is 2. The first-order valence-electron chi connectivity index (χ1n) is 6.67. The Morgan fingerprint density at radius 3 is 2.65 bits per heavy atom. The quantitative estimate of drug-likeness (QED) is 0.769. The molecule has 3 N–H and O–H groups in total. The van der Waals surface area contributed by atoms with Crippen molar-refractivity contribution in [3.05, 3.63) is 45.9 Å². The number of halogens is 3. The number of hydrogen-bond donors (Lipinski definition) is 2. The number of alkyl halides is 3. The molecule has 6 nitrogen and oxygen atoms in total. The van der Waals surface area contributed by atoms with Crippen molar-refractivity contribution >= 4 is 22.5 Å². The number of carbonyl (C=O) groups excluding carboxylic acids is 1. The summed E-state index contributed by atoms with van der Waals surface area (Å²) in [5.74, 6) is -0.942. The molecule has 0 saturated carbocycles. The summed E-state index contributed by atoms with van der Waals surface area (Å²) in [5, 5.41) is 4.17. The van der Waals surface area contributed by atoms with Crippen LogP contribution in [0.3, 0.4) is 0 Å². The van der Waals surface area contributed by atoms with Gasteiger partial charge in [0.05, 0.1) is 16.6 Å². The molecule has 0 fully saturated rings. The van der Waals surface area contributed by atoms with Gasteiger partial charge < -0.3 is 10.7 Å². The smallest absolute Gasteiger partial charge is 0.365 e. The first kappa shape index (κ1) is 15.1. The monoisotopic (exact) mass is 324 g/mol. The Morgan fingerprint density at radius 1 is 1.30 bits per heavy atom. The second kappa shape index (κ2) is 5.11. The molecule has 0 bridgehead atoms. The highest BCUT2D eigenvalue weighted by atomic mass is 19.4. The average Bonchev–Trinajstić information content (AvgIpc) is 2.83. The van der Waals surface area contributed by atoms with Gasteiger partial charge in [-0.05, 0) is 12.1 Å². The van der Waals surface area contributed by atoms with Crippen LogP contribution in [0.4, 0.5) is 13.2 Å². The lowest BCUT2D eigenvalue weighted by Gasteiger charge is -2.04. The van der Waals surface area contributed by atoms with E-state index in [0.29, 0.717) is 10.9 Å². The van der Waals surface area contributed by atoms with Gasteiger partial charge >= 0.3 is 6.18 Å². The van der Waals surface area contributed by atoms with Crippen molar-refractivity contribution < 1.29 is 18.0 Å². The number of aryl methyl sites for hydroxylation is 1. The van der Waals surface area contributed by atoms with Crippen LogP contribution >= 0.6 is 0 Å². The lowest BCUT2D eigenvalue weighted by molar-refractivity contribution is -0.134. The summed E-state index contributed by atoms with van der Waals surface area (Å²) in [4.78, 5) is 26.9. The number of nitrogens with zero attached hydrogens (tertiary/aromatic N) is 2. The lowest BCUT2D eigenvalue weighted by atomic mass is 10.1. The summed E-state index contributed by atoms with van der Waals surface area (Å²) < 4.78 is 38.1. The first-order chi connectivity index (χ1) is 10.8. The van der Waals surface area contributed by atoms with Crippen molar-refractivity contribution in [3.8, 4) is 0 Å². The van der Waals surface area contributed by atoms with Crippen LogP contribution in [-0.4, -0.2) is 26.7 Å². The predicted octanol–water partition coefficient (Wildman–Crippen LogP) is 1.77. The molecule has 2 aromatic heterocycles. The van der Waals surface area contributed by atoms with Gasteiger partial charge in [-0.3, -0.25) is 9.59 Å². The van der Waals surface area contributed by atoms with Crippen LogP contribution in [-0.2, 0) is 6.42 Å². The van der Waals surface area contributed by atoms with E-state index >= 15 is 0 Å². The highest BCUT2D eigenvalue weighted by Crippen LogP contribution is 2.24. The fraction of sp³-hybridized carbons (Fsp3) is 0.214. The summed E-state index contributed by atoms with van der Waals surface area (Å²) in [6.07, 6.45) is -6.10. The molecular weight excluding hydrogens is 313 g/mol. The number of aromatic nitrogens is 3. The molecule has 0 spiro atoms. The Morgan fingerprint density at radius 2 is 2.00 bits per heavy atom. The normalized spacial score (nSPS) is 12.1. The molecule has 1 amide bonds. The number of nitrogens with one attached hydrogen (secondary N) is 1. The number of carbonyl (C=O) groups is 1. The van der Waals surface area contributed by atoms with E-state index in [1.54, 1.807) is 24.3 Å². The summed E-state index contributed by atoms with van der Waals surface area (Å²) in [5.41, 5.74) is 4.82. The Labute approximate surface area is 126 Å². The molecule has 0 aliphatic carbocycles. The molecule has 0 saturated heterocycles. The Balaban J connectivity index is 2.27. The number of aromatic amines is 1. The van der Waals surface area contributed by atoms with Gasteiger partial charge in [-0.25, -0.2) is 0 Å². The number of nitrogens with two attached hydrogens (primary N) is 1. The fourth-order valence-corrected chi connectivity index (χ4v) is 2.44. The van der Waals surface area contributed by atoms with Crippen molar-refractivity contribution in [2.24, 2.45) is 5.73 Å². The van der Waals surface area contributed by atoms with Gasteiger partial charge in [-0.2, -0.15) is 22.8 Å². The van der Waals surface area contributed by atoms with Gasteiger partial charge in [0.1, 0.15) is 5.56 Å². The van der Waals surface area contributed by atoms with E-state index in [2.05, 4.69) is 10.1 Å². The lowest BCUT2D eigenvalue weighted by Crippen LogP contribution is -2.17. The molecule has 0 aliphatic heterocycles. The highest BCUT2D eigenvalue weighted by Gasteiger charge is 2.29. The van der Waals surface area contributed by atoms with Crippen LogP contribution in [0, 0.1) is 0 Å². The van der Waals surface area contributed by atoms with E-state index < -0.39 is 30.5 Å². The molecular formula is C14H11F3N4O2. The number of amides is 1. The van der Waals surface area contributed by atoms with Crippen molar-refractivity contribution in [2.45, 2.75) is 19.0 Å². The average molecular weight is 324 g/mol. The van der Waals surface area contributed by atoms with E-state index in [4.69, 9.17) is 5.73 Å². The number of primary amides is 1. The van der Waals surface area contributed by atoms with Gasteiger partial charge in [-0.1, -0.05) is 12.1 Å². The van der Waals surface area contributed by atoms with Crippen LogP contribution in [0.1, 0.15) is 22.5 Å². The van der Waals surface area contributed by atoms with Gasteiger partial charge in [-0.15, -0.1) is 0 Å². The van der Waals surface area contributed by atoms with Gasteiger partial charge in [0, 0.05) is 12.8 Å². The van der Waals surface area contributed by atoms with Crippen LogP contribution in [0.2, 0.25) is 0 Å². The van der Waals surface area contributed by atoms with Crippen LogP contribution in [0.25, 0.3) is 16.6 Å². The van der Waals surface area contributed by atoms with E-state index in [0.717, 1.165) is 4.52 Å². The molecule has 0 unspecified atom stereocenters. The molecule has 3 aromatic rings. The zero-order chi connectivity index (χ0) is 16.8. The van der Waals surface area contributed by atoms with Crippen molar-refractivity contribution in [3.63, 3.8) is 0 Å². The minimum absolute atomic E-state index is 0.00151. The van der Waals surface area contributed by atoms with E-state index in [9.17, 15) is 22.8 Å². The van der Waals surface area contributed by atoms with E-state index in [-0.39, 0.29) is 16.9 Å². The summed E-state index contributed by atoms with van der Waals surface area (Å²) >= 11 is 0. The maximum atomic E-state index is 12.4. The Bertz CT molecular complexity index is 972. The third-order valence-corrected chi connectivity index (χ3v) is 3.45. The summed E-state index contributed by atoms with van der Waals surface area (Å²) in [7, 11) is 0. The Hall–Kier alpha value is -2.84. The second-order valence-electron chi connectivity index (χ2n) is 5.04. The standard InChI is InChI=1S/C14H11F3N4O2/c15-14(16,17)6-5-9-10(11(18)22)12-19-8-4-2-1-3-7(8)13(23)21(12)20-9/h1-4,19H,5-6H2,(H2,18,22). The highest BCUT2D eigenvalue weighted by molar-refractivity contribution is 6.00. The predicted molar refractivity (Wildman–Crippen MR) is 76.2 cm³/mol. The summed E-state index contributed by atoms with van der Waals surface area (Å²) in [6.45, 7) is 0. The molecule has 23 heavy (non-hydrogen) atoms. The molecule has 1 aromatic carbocycles. The molecule has 0 aliphatic rings. The zero-order valence-electron chi connectivity index (χ0n) is 11.6. The minimum atomic E-state index is -4.40. The Kier molecular flexibility index (Phi) is 3.35. The van der Waals surface area contributed by atoms with Crippen molar-refractivity contribution in [1.82, 2.24) is 14.6 Å². The maximum Gasteiger partial charge on any atom is 0.389 e. The first-order valence-corrected chi connectivity index (χ1v) is 6.67. The fourth-order valence-electron chi connectivity index (χ4n) is 2.44. The molecule has 9 heteroatoms. The third-order valence-electron chi connectivity index (χ3n) is 3.45. The van der Waals surface area contributed by atoms with Crippen molar-refractivity contribution in [2.75, 3.05) is 0 Å². The minimum Gasteiger partial charge on any atom is -0.365 e. The number of H-pyrrole nitrogens is 1. The molecule has 3 rings (SSSR count). The van der Waals surface area contributed by atoms with Gasteiger partial charge in [0.15, 0.2) is 5.65 Å². The van der Waals surface area contributed by atoms with Crippen LogP contribution in [0.5, 0.6) is 0 Å². The largest absolute Gasteiger partial charge is 0.389 e. The summed E-state index contributed by atoms with van der Waals surface area (Å²) in [6, 6.07) is 6.49. The molecule has 120 valence electrons. The molecule has 0 radical (unpaired) electrons. The molecule has 2 heterocycles. The number of hydrogen-bond acceptors (Lipinski definition) is 3. The maximum absolute atomic E-state index is 12.4. The van der Waals surface area contributed by atoms with Crippen LogP contribution < -0.4 is 11.3 Å². The van der Waals surface area contributed by atoms with E-state index in [1.807, 2.05) is 0 Å². The van der Waals surface area contributed by atoms with Crippen molar-refractivity contribution in [1.29, 1.82) is 0 Å². The molecule has 0 atom stereocenters. The number of para-hydroxylation sites is 1. The van der Waals surface area contributed by atoms with Crippen LogP contribution in [0.15, 0.2) is 29.1 Å². The second-order valence-corrected chi connectivity index (χ2v) is 5.04. The third kappa shape index (κ3) is 2.65. The number of rotatable bonds is 3. The van der Waals surface area contributed by atoms with E-state index in [1.165, 1.54) is 0 Å². The number of benzene rings is 1. The van der Waals surface area contributed by atoms with Gasteiger partial charge in [0.2, 0.25) is 0 Å². The topological polar surface area (TPSA) is 93.2 Å². The SMILES string of the molecule is NC(=O)c1c(CCC(F)(F)F)nn2c(=O)c3ccccc3[nH]c12. The van der Waals surface area contributed by atoms with Gasteiger partial charge in [0.25, 0.3) is 11.5 Å².